The van der Waals surface area contributed by atoms with Gasteiger partial charge in [-0.2, -0.15) is 0 Å². The van der Waals surface area contributed by atoms with E-state index in [0.717, 1.165) is 12.1 Å². The van der Waals surface area contributed by atoms with E-state index in [1.807, 2.05) is 19.2 Å². The van der Waals surface area contributed by atoms with Gasteiger partial charge < -0.3 is 10.1 Å². The second kappa shape index (κ2) is 7.69. The van der Waals surface area contributed by atoms with Crippen molar-refractivity contribution in [3.8, 4) is 5.75 Å². The largest absolute Gasteiger partial charge is 0.487 e. The maximum Gasteiger partial charge on any atom is 0.139 e. The van der Waals surface area contributed by atoms with E-state index < -0.39 is 0 Å². The molecule has 0 radical (unpaired) electrons. The number of hydrogen-bond donors (Lipinski definition) is 1. The Labute approximate surface area is 136 Å². The van der Waals surface area contributed by atoms with Crippen LogP contribution >= 0.6 is 23.2 Å². The normalized spacial score (nSPS) is 12.2. The molecule has 2 rings (SSSR count). The minimum atomic E-state index is 0.457. The van der Waals surface area contributed by atoms with Crippen LogP contribution in [-0.4, -0.2) is 13.6 Å². The minimum absolute atomic E-state index is 0.457. The lowest BCUT2D eigenvalue weighted by molar-refractivity contribution is 0.306. The SMILES string of the molecule is CNCC(C)c1ccc(COc2cccc(Cl)c2Cl)cc1. The highest BCUT2D eigenvalue weighted by molar-refractivity contribution is 6.42. The van der Waals surface area contributed by atoms with E-state index in [2.05, 4.69) is 36.5 Å². The molecule has 0 spiro atoms. The second-order valence-corrected chi connectivity index (χ2v) is 5.83. The molecule has 0 heterocycles. The molecule has 4 heteroatoms. The molecular weight excluding hydrogens is 305 g/mol. The van der Waals surface area contributed by atoms with Gasteiger partial charge in [0.05, 0.1) is 5.02 Å². The molecule has 1 atom stereocenters. The summed E-state index contributed by atoms with van der Waals surface area (Å²) in [7, 11) is 1.97. The molecule has 112 valence electrons. The predicted octanol–water partition coefficient (Wildman–Crippen LogP) is 4.90. The van der Waals surface area contributed by atoms with Crippen molar-refractivity contribution in [2.24, 2.45) is 0 Å². The number of halogens is 2. The summed E-state index contributed by atoms with van der Waals surface area (Å²) in [5.41, 5.74) is 2.42. The highest BCUT2D eigenvalue weighted by atomic mass is 35.5. The van der Waals surface area contributed by atoms with Gasteiger partial charge in [0.1, 0.15) is 17.4 Å². The third-order valence-electron chi connectivity index (χ3n) is 3.37. The van der Waals surface area contributed by atoms with Crippen molar-refractivity contribution in [2.75, 3.05) is 13.6 Å². The lowest BCUT2D eigenvalue weighted by Gasteiger charge is -2.12. The van der Waals surface area contributed by atoms with Crippen molar-refractivity contribution in [3.05, 3.63) is 63.6 Å². The van der Waals surface area contributed by atoms with Crippen LogP contribution in [0.25, 0.3) is 0 Å². The fourth-order valence-electron chi connectivity index (χ4n) is 2.12. The Kier molecular flexibility index (Phi) is 5.92. The first-order valence-corrected chi connectivity index (χ1v) is 7.67. The molecule has 2 nitrogen and oxygen atoms in total. The topological polar surface area (TPSA) is 21.3 Å². The van der Waals surface area contributed by atoms with Gasteiger partial charge in [-0.3, -0.25) is 0 Å². The van der Waals surface area contributed by atoms with Crippen LogP contribution in [0.15, 0.2) is 42.5 Å². The number of nitrogens with one attached hydrogen (secondary N) is 1. The van der Waals surface area contributed by atoms with Crippen LogP contribution in [0.1, 0.15) is 24.0 Å². The highest BCUT2D eigenvalue weighted by Crippen LogP contribution is 2.32. The van der Waals surface area contributed by atoms with E-state index in [-0.39, 0.29) is 0 Å². The van der Waals surface area contributed by atoms with Crippen molar-refractivity contribution in [2.45, 2.75) is 19.4 Å². The van der Waals surface area contributed by atoms with Crippen LogP contribution in [0, 0.1) is 0 Å². The van der Waals surface area contributed by atoms with Crippen molar-refractivity contribution < 1.29 is 4.74 Å². The fraction of sp³-hybridized carbons (Fsp3) is 0.294. The van der Waals surface area contributed by atoms with Gasteiger partial charge in [-0.25, -0.2) is 0 Å². The third kappa shape index (κ3) is 4.37. The first kappa shape index (κ1) is 16.2. The zero-order valence-corrected chi connectivity index (χ0v) is 13.7. The predicted molar refractivity (Wildman–Crippen MR) is 89.6 cm³/mol. The van der Waals surface area contributed by atoms with Crippen LogP contribution in [0.4, 0.5) is 0 Å². The van der Waals surface area contributed by atoms with Crippen LogP contribution in [0.5, 0.6) is 5.75 Å². The smallest absolute Gasteiger partial charge is 0.139 e. The zero-order valence-electron chi connectivity index (χ0n) is 12.2. The molecule has 0 aliphatic rings. The van der Waals surface area contributed by atoms with Gasteiger partial charge in [0.25, 0.3) is 0 Å². The lowest BCUT2D eigenvalue weighted by Crippen LogP contribution is -2.14. The second-order valence-electron chi connectivity index (χ2n) is 5.04. The van der Waals surface area contributed by atoms with E-state index in [1.54, 1.807) is 6.07 Å². The molecule has 0 aliphatic heterocycles. The summed E-state index contributed by atoms with van der Waals surface area (Å²) >= 11 is 12.1. The maximum absolute atomic E-state index is 6.10. The average molecular weight is 324 g/mol. The van der Waals surface area contributed by atoms with Gasteiger partial charge in [-0.1, -0.05) is 60.5 Å². The number of likely N-dealkylation sites (N-methyl/N-ethyl adjacent to an activating group) is 1. The molecule has 0 amide bonds. The van der Waals surface area contributed by atoms with E-state index in [4.69, 9.17) is 27.9 Å². The number of rotatable bonds is 6. The Bertz CT molecular complexity index is 584. The van der Waals surface area contributed by atoms with E-state index in [0.29, 0.717) is 28.3 Å². The van der Waals surface area contributed by atoms with Gasteiger partial charge in [0, 0.05) is 6.54 Å². The molecule has 2 aromatic rings. The summed E-state index contributed by atoms with van der Waals surface area (Å²) in [4.78, 5) is 0. The van der Waals surface area contributed by atoms with Crippen molar-refractivity contribution in [1.29, 1.82) is 0 Å². The Morgan fingerprint density at radius 2 is 1.81 bits per heavy atom. The first-order valence-electron chi connectivity index (χ1n) is 6.92. The van der Waals surface area contributed by atoms with Crippen LogP contribution in [0.3, 0.4) is 0 Å². The zero-order chi connectivity index (χ0) is 15.2. The highest BCUT2D eigenvalue weighted by Gasteiger charge is 2.07. The molecule has 1 N–H and O–H groups in total. The van der Waals surface area contributed by atoms with Crippen LogP contribution in [-0.2, 0) is 6.61 Å². The number of ether oxygens (including phenoxy) is 1. The summed E-state index contributed by atoms with van der Waals surface area (Å²) in [6, 6.07) is 13.8. The molecule has 21 heavy (non-hydrogen) atoms. The van der Waals surface area contributed by atoms with Crippen molar-refractivity contribution in [1.82, 2.24) is 5.32 Å². The van der Waals surface area contributed by atoms with Crippen LogP contribution in [0.2, 0.25) is 10.0 Å². The molecule has 0 aromatic heterocycles. The van der Waals surface area contributed by atoms with E-state index >= 15 is 0 Å². The monoisotopic (exact) mass is 323 g/mol. The molecule has 2 aromatic carbocycles. The van der Waals surface area contributed by atoms with Gasteiger partial charge in [0.15, 0.2) is 0 Å². The van der Waals surface area contributed by atoms with Crippen LogP contribution < -0.4 is 10.1 Å². The van der Waals surface area contributed by atoms with Crippen molar-refractivity contribution in [3.63, 3.8) is 0 Å². The Morgan fingerprint density at radius 3 is 2.48 bits per heavy atom. The van der Waals surface area contributed by atoms with Gasteiger partial charge in [-0.05, 0) is 36.2 Å². The molecule has 0 fully saturated rings. The maximum atomic E-state index is 6.10. The number of benzene rings is 2. The molecule has 1 unspecified atom stereocenters. The third-order valence-corrected chi connectivity index (χ3v) is 4.17. The van der Waals surface area contributed by atoms with Gasteiger partial charge >= 0.3 is 0 Å². The first-order chi connectivity index (χ1) is 10.1. The molecule has 0 bridgehead atoms. The van der Waals surface area contributed by atoms with Crippen molar-refractivity contribution >= 4 is 23.2 Å². The van der Waals surface area contributed by atoms with E-state index in [1.165, 1.54) is 5.56 Å². The van der Waals surface area contributed by atoms with Gasteiger partial charge in [0.2, 0.25) is 0 Å². The summed E-state index contributed by atoms with van der Waals surface area (Å²) in [6.45, 7) is 3.64. The van der Waals surface area contributed by atoms with E-state index in [9.17, 15) is 0 Å². The summed E-state index contributed by atoms with van der Waals surface area (Å²) < 4.78 is 5.72. The molecule has 0 saturated heterocycles. The molecule has 0 aliphatic carbocycles. The average Bonchev–Trinajstić information content (AvgIpc) is 2.49. The number of hydrogen-bond acceptors (Lipinski definition) is 2. The Balaban J connectivity index is 1.99. The summed E-state index contributed by atoms with van der Waals surface area (Å²) in [5, 5.41) is 4.15. The Hall–Kier alpha value is -1.22. The fourth-order valence-corrected chi connectivity index (χ4v) is 2.47. The minimum Gasteiger partial charge on any atom is -0.487 e. The summed E-state index contributed by atoms with van der Waals surface area (Å²) in [6.07, 6.45) is 0. The molecular formula is C17H19Cl2NO. The standard InChI is InChI=1S/C17H19Cl2NO/c1-12(10-20-2)14-8-6-13(7-9-14)11-21-16-5-3-4-15(18)17(16)19/h3-9,12,20H,10-11H2,1-2H3. The Morgan fingerprint density at radius 1 is 1.10 bits per heavy atom. The quantitative estimate of drug-likeness (QED) is 0.816. The lowest BCUT2D eigenvalue weighted by atomic mass is 10.00. The molecule has 0 saturated carbocycles. The summed E-state index contributed by atoms with van der Waals surface area (Å²) in [5.74, 6) is 1.10. The van der Waals surface area contributed by atoms with Gasteiger partial charge in [-0.15, -0.1) is 0 Å².